The highest BCUT2D eigenvalue weighted by Gasteiger charge is 2.29. The lowest BCUT2D eigenvalue weighted by atomic mass is 9.97. The van der Waals surface area contributed by atoms with Crippen LogP contribution in [0.15, 0.2) is 24.3 Å². The predicted octanol–water partition coefficient (Wildman–Crippen LogP) is 1.16. The van der Waals surface area contributed by atoms with Crippen molar-refractivity contribution in [3.63, 3.8) is 0 Å². The van der Waals surface area contributed by atoms with Crippen LogP contribution in [0.5, 0.6) is 0 Å². The van der Waals surface area contributed by atoms with Crippen molar-refractivity contribution in [1.29, 1.82) is 0 Å². The Bertz CT molecular complexity index is 723. The lowest BCUT2D eigenvalue weighted by molar-refractivity contribution is -0.897. The zero-order valence-electron chi connectivity index (χ0n) is 17.2. The average Bonchev–Trinajstić information content (AvgIpc) is 3.22. The minimum atomic E-state index is -0.129. The number of esters is 1. The number of piperidine rings is 1. The maximum Gasteiger partial charge on any atom is 0.309 e. The Morgan fingerprint density at radius 2 is 1.76 bits per heavy atom. The summed E-state index contributed by atoms with van der Waals surface area (Å²) in [6.07, 6.45) is 5.82. The molecule has 1 heterocycles. The van der Waals surface area contributed by atoms with Gasteiger partial charge in [-0.3, -0.25) is 14.4 Å². The van der Waals surface area contributed by atoms with Gasteiger partial charge in [0, 0.05) is 18.9 Å². The summed E-state index contributed by atoms with van der Waals surface area (Å²) in [5, 5.41) is 5.98. The van der Waals surface area contributed by atoms with Gasteiger partial charge in [0.05, 0.1) is 36.9 Å². The van der Waals surface area contributed by atoms with Gasteiger partial charge in [0.2, 0.25) is 0 Å². The summed E-state index contributed by atoms with van der Waals surface area (Å²) in [5.41, 5.74) is 1.05. The van der Waals surface area contributed by atoms with Crippen molar-refractivity contribution in [2.24, 2.45) is 5.92 Å². The molecule has 158 valence electrons. The molecule has 1 saturated carbocycles. The summed E-state index contributed by atoms with van der Waals surface area (Å²) in [7, 11) is 0. The fraction of sp³-hybridized carbons (Fsp3) is 0.591. The minimum Gasteiger partial charge on any atom is -0.466 e. The largest absolute Gasteiger partial charge is 0.466 e. The first kappa shape index (κ1) is 21.3. The highest BCUT2D eigenvalue weighted by molar-refractivity contribution is 6.04. The number of rotatable bonds is 7. The quantitative estimate of drug-likeness (QED) is 0.597. The monoisotopic (exact) mass is 402 g/mol. The lowest BCUT2D eigenvalue weighted by Gasteiger charge is -2.27. The number of carbonyl (C=O) groups is 3. The van der Waals surface area contributed by atoms with E-state index in [1.165, 1.54) is 0 Å². The van der Waals surface area contributed by atoms with Crippen LogP contribution in [0, 0.1) is 5.92 Å². The number of hydrogen-bond donors (Lipinski definition) is 3. The van der Waals surface area contributed by atoms with Gasteiger partial charge in [-0.1, -0.05) is 25.0 Å². The van der Waals surface area contributed by atoms with E-state index in [2.05, 4.69) is 10.6 Å². The van der Waals surface area contributed by atoms with Crippen LogP contribution >= 0.6 is 0 Å². The van der Waals surface area contributed by atoms with Crippen molar-refractivity contribution in [3.8, 4) is 0 Å². The maximum absolute atomic E-state index is 12.6. The summed E-state index contributed by atoms with van der Waals surface area (Å²) < 4.78 is 5.09. The van der Waals surface area contributed by atoms with Gasteiger partial charge >= 0.3 is 5.97 Å². The van der Waals surface area contributed by atoms with Crippen molar-refractivity contribution in [3.05, 3.63) is 29.8 Å². The number of para-hydroxylation sites is 1. The van der Waals surface area contributed by atoms with Crippen molar-refractivity contribution in [2.75, 3.05) is 31.6 Å². The molecule has 1 saturated heterocycles. The molecule has 2 fully saturated rings. The molecule has 0 radical (unpaired) electrons. The van der Waals surface area contributed by atoms with Gasteiger partial charge in [0.1, 0.15) is 0 Å². The maximum atomic E-state index is 12.6. The molecule has 0 unspecified atom stereocenters. The average molecular weight is 403 g/mol. The molecule has 3 N–H and O–H groups in total. The number of benzene rings is 1. The van der Waals surface area contributed by atoms with Crippen LogP contribution in [-0.4, -0.2) is 50.1 Å². The third-order valence-corrected chi connectivity index (χ3v) is 5.86. The Labute approximate surface area is 172 Å². The van der Waals surface area contributed by atoms with Crippen LogP contribution in [-0.2, 0) is 14.3 Å². The van der Waals surface area contributed by atoms with E-state index < -0.39 is 0 Å². The molecular formula is C22H32N3O4+. The lowest BCUT2D eigenvalue weighted by Crippen LogP contribution is -3.14. The number of anilines is 1. The summed E-state index contributed by atoms with van der Waals surface area (Å²) in [6, 6.07) is 7.38. The van der Waals surface area contributed by atoms with Gasteiger partial charge in [0.25, 0.3) is 11.8 Å². The fourth-order valence-corrected chi connectivity index (χ4v) is 4.24. The Kier molecular flexibility index (Phi) is 7.63. The first-order chi connectivity index (χ1) is 14.1. The number of quaternary nitrogens is 1. The van der Waals surface area contributed by atoms with Crippen molar-refractivity contribution >= 4 is 23.5 Å². The van der Waals surface area contributed by atoms with Crippen molar-refractivity contribution in [2.45, 2.75) is 51.5 Å². The highest BCUT2D eigenvalue weighted by Crippen LogP contribution is 2.20. The van der Waals surface area contributed by atoms with Gasteiger partial charge in [-0.05, 0) is 31.9 Å². The van der Waals surface area contributed by atoms with E-state index in [-0.39, 0.29) is 29.7 Å². The van der Waals surface area contributed by atoms with E-state index in [1.807, 2.05) is 19.1 Å². The van der Waals surface area contributed by atoms with Crippen LogP contribution < -0.4 is 15.5 Å². The molecule has 1 aliphatic carbocycles. The van der Waals surface area contributed by atoms with Crippen LogP contribution in [0.4, 0.5) is 5.69 Å². The molecule has 2 amide bonds. The van der Waals surface area contributed by atoms with E-state index in [9.17, 15) is 14.4 Å². The smallest absolute Gasteiger partial charge is 0.309 e. The standard InChI is InChI=1S/C22H31N3O4/c1-2-29-22(28)16-11-13-25(14-12-16)15-20(26)24-19-10-6-5-9-18(19)21(27)23-17-7-3-4-8-17/h5-6,9-10,16-17H,2-4,7-8,11-15H2,1H3,(H,23,27)(H,24,26)/p+1. The van der Waals surface area contributed by atoms with E-state index in [1.54, 1.807) is 12.1 Å². The summed E-state index contributed by atoms with van der Waals surface area (Å²) >= 11 is 0. The second-order valence-electron chi connectivity index (χ2n) is 8.00. The Morgan fingerprint density at radius 3 is 2.45 bits per heavy atom. The fourth-order valence-electron chi connectivity index (χ4n) is 4.24. The van der Waals surface area contributed by atoms with Crippen LogP contribution in [0.3, 0.4) is 0 Å². The molecule has 0 aromatic heterocycles. The predicted molar refractivity (Wildman–Crippen MR) is 110 cm³/mol. The SMILES string of the molecule is CCOC(=O)C1CC[NH+](CC(=O)Nc2ccccc2C(=O)NC2CCCC2)CC1. The van der Waals surface area contributed by atoms with Gasteiger partial charge < -0.3 is 20.3 Å². The van der Waals surface area contributed by atoms with E-state index in [0.717, 1.165) is 56.5 Å². The molecular weight excluding hydrogens is 370 g/mol. The third-order valence-electron chi connectivity index (χ3n) is 5.86. The minimum absolute atomic E-state index is 0.0539. The third kappa shape index (κ3) is 6.03. The zero-order chi connectivity index (χ0) is 20.6. The molecule has 1 aromatic carbocycles. The topological polar surface area (TPSA) is 88.9 Å². The number of likely N-dealkylation sites (tertiary alicyclic amines) is 1. The van der Waals surface area contributed by atoms with E-state index in [0.29, 0.717) is 24.4 Å². The summed E-state index contributed by atoms with van der Waals surface area (Å²) in [4.78, 5) is 38.2. The Balaban J connectivity index is 1.51. The van der Waals surface area contributed by atoms with Crippen LogP contribution in [0.2, 0.25) is 0 Å². The van der Waals surface area contributed by atoms with Crippen LogP contribution in [0.25, 0.3) is 0 Å². The van der Waals surface area contributed by atoms with Crippen molar-refractivity contribution in [1.82, 2.24) is 5.32 Å². The van der Waals surface area contributed by atoms with Gasteiger partial charge in [0.15, 0.2) is 6.54 Å². The molecule has 0 bridgehead atoms. The number of hydrogen-bond acceptors (Lipinski definition) is 4. The number of carbonyl (C=O) groups excluding carboxylic acids is 3. The number of ether oxygens (including phenoxy) is 1. The first-order valence-corrected chi connectivity index (χ1v) is 10.8. The second-order valence-corrected chi connectivity index (χ2v) is 8.00. The number of amides is 2. The molecule has 7 nitrogen and oxygen atoms in total. The van der Waals surface area contributed by atoms with Gasteiger partial charge in [-0.15, -0.1) is 0 Å². The molecule has 29 heavy (non-hydrogen) atoms. The summed E-state index contributed by atoms with van der Waals surface area (Å²) in [5.74, 6) is -0.425. The van der Waals surface area contributed by atoms with Crippen molar-refractivity contribution < 1.29 is 24.0 Å². The summed E-state index contributed by atoms with van der Waals surface area (Å²) in [6.45, 7) is 4.08. The molecule has 2 aliphatic rings. The van der Waals surface area contributed by atoms with E-state index >= 15 is 0 Å². The molecule has 3 rings (SSSR count). The molecule has 1 aliphatic heterocycles. The number of nitrogens with one attached hydrogen (secondary N) is 3. The first-order valence-electron chi connectivity index (χ1n) is 10.8. The molecule has 7 heteroatoms. The Hall–Kier alpha value is -2.41. The second kappa shape index (κ2) is 10.4. The normalized spacial score (nSPS) is 22.1. The van der Waals surface area contributed by atoms with Gasteiger partial charge in [-0.2, -0.15) is 0 Å². The van der Waals surface area contributed by atoms with Crippen LogP contribution in [0.1, 0.15) is 55.8 Å². The molecule has 1 aromatic rings. The Morgan fingerprint density at radius 1 is 1.07 bits per heavy atom. The zero-order valence-corrected chi connectivity index (χ0v) is 17.2. The molecule has 0 atom stereocenters. The molecule has 0 spiro atoms. The van der Waals surface area contributed by atoms with E-state index in [4.69, 9.17) is 4.74 Å². The van der Waals surface area contributed by atoms with Gasteiger partial charge in [-0.25, -0.2) is 0 Å². The highest BCUT2D eigenvalue weighted by atomic mass is 16.5.